The van der Waals surface area contributed by atoms with Gasteiger partial charge in [0.1, 0.15) is 0 Å². The SMILES string of the molecule is CC1CCC(C(=O)N2CCC(C(C)(C)C)C2)CN1. The van der Waals surface area contributed by atoms with Gasteiger partial charge in [-0.3, -0.25) is 4.79 Å². The zero-order valence-corrected chi connectivity index (χ0v) is 12.3. The average Bonchev–Trinajstić information content (AvgIpc) is 2.78. The fraction of sp³-hybridized carbons (Fsp3) is 0.933. The number of amides is 1. The van der Waals surface area contributed by atoms with Crippen LogP contribution in [0.3, 0.4) is 0 Å². The molecule has 3 heteroatoms. The van der Waals surface area contributed by atoms with Gasteiger partial charge in [-0.2, -0.15) is 0 Å². The van der Waals surface area contributed by atoms with Crippen molar-refractivity contribution in [2.75, 3.05) is 19.6 Å². The first-order valence-corrected chi connectivity index (χ1v) is 7.40. The quantitative estimate of drug-likeness (QED) is 0.776. The Labute approximate surface area is 111 Å². The van der Waals surface area contributed by atoms with Gasteiger partial charge in [0, 0.05) is 25.7 Å². The van der Waals surface area contributed by atoms with Gasteiger partial charge in [-0.25, -0.2) is 0 Å². The molecule has 0 bridgehead atoms. The van der Waals surface area contributed by atoms with E-state index in [-0.39, 0.29) is 5.92 Å². The van der Waals surface area contributed by atoms with E-state index in [9.17, 15) is 4.79 Å². The molecule has 0 aromatic rings. The minimum atomic E-state index is 0.222. The number of carbonyl (C=O) groups excluding carboxylic acids is 1. The van der Waals surface area contributed by atoms with Crippen LogP contribution in [0.5, 0.6) is 0 Å². The second-order valence-electron chi connectivity index (χ2n) is 7.22. The number of piperidine rings is 1. The van der Waals surface area contributed by atoms with Crippen molar-refractivity contribution >= 4 is 5.91 Å². The van der Waals surface area contributed by atoms with E-state index in [2.05, 4.69) is 37.9 Å². The number of rotatable bonds is 1. The summed E-state index contributed by atoms with van der Waals surface area (Å²) in [5.74, 6) is 1.28. The van der Waals surface area contributed by atoms with Crippen LogP contribution in [0.15, 0.2) is 0 Å². The van der Waals surface area contributed by atoms with Crippen molar-refractivity contribution in [3.63, 3.8) is 0 Å². The molecule has 3 atom stereocenters. The third kappa shape index (κ3) is 3.05. The Hall–Kier alpha value is -0.570. The lowest BCUT2D eigenvalue weighted by Crippen LogP contribution is -2.45. The van der Waals surface area contributed by atoms with Gasteiger partial charge in [0.25, 0.3) is 0 Å². The zero-order valence-electron chi connectivity index (χ0n) is 12.3. The molecule has 0 radical (unpaired) electrons. The normalized spacial score (nSPS) is 33.8. The van der Waals surface area contributed by atoms with Crippen molar-refractivity contribution in [3.05, 3.63) is 0 Å². The number of likely N-dealkylation sites (tertiary alicyclic amines) is 1. The molecule has 104 valence electrons. The molecule has 0 saturated carbocycles. The Balaban J connectivity index is 1.88. The predicted octanol–water partition coefficient (Wildman–Crippen LogP) is 2.27. The van der Waals surface area contributed by atoms with Crippen LogP contribution in [-0.2, 0) is 4.79 Å². The molecule has 1 N–H and O–H groups in total. The van der Waals surface area contributed by atoms with Gasteiger partial charge in [-0.15, -0.1) is 0 Å². The second-order valence-corrected chi connectivity index (χ2v) is 7.22. The van der Waals surface area contributed by atoms with Crippen molar-refractivity contribution in [2.24, 2.45) is 17.3 Å². The van der Waals surface area contributed by atoms with Crippen LogP contribution in [0.4, 0.5) is 0 Å². The summed E-state index contributed by atoms with van der Waals surface area (Å²) in [4.78, 5) is 14.6. The molecule has 3 unspecified atom stereocenters. The highest BCUT2D eigenvalue weighted by atomic mass is 16.2. The Bertz CT molecular complexity index is 300. The minimum Gasteiger partial charge on any atom is -0.342 e. The van der Waals surface area contributed by atoms with Crippen molar-refractivity contribution in [2.45, 2.75) is 53.0 Å². The summed E-state index contributed by atoms with van der Waals surface area (Å²) in [5, 5.41) is 3.43. The van der Waals surface area contributed by atoms with Gasteiger partial charge in [0.05, 0.1) is 5.92 Å². The average molecular weight is 252 g/mol. The monoisotopic (exact) mass is 252 g/mol. The van der Waals surface area contributed by atoms with Crippen LogP contribution in [0, 0.1) is 17.3 Å². The maximum atomic E-state index is 12.5. The molecule has 2 fully saturated rings. The van der Waals surface area contributed by atoms with Crippen molar-refractivity contribution in [3.8, 4) is 0 Å². The summed E-state index contributed by atoms with van der Waals surface area (Å²) in [7, 11) is 0. The van der Waals surface area contributed by atoms with Crippen LogP contribution in [0.25, 0.3) is 0 Å². The molecule has 2 rings (SSSR count). The van der Waals surface area contributed by atoms with E-state index in [0.29, 0.717) is 23.3 Å². The third-order valence-electron chi connectivity index (χ3n) is 4.73. The molecular formula is C15H28N2O. The lowest BCUT2D eigenvalue weighted by molar-refractivity contribution is -0.135. The van der Waals surface area contributed by atoms with Gasteiger partial charge in [-0.1, -0.05) is 20.8 Å². The topological polar surface area (TPSA) is 32.3 Å². The summed E-state index contributed by atoms with van der Waals surface area (Å²) < 4.78 is 0. The van der Waals surface area contributed by atoms with Crippen molar-refractivity contribution in [1.29, 1.82) is 0 Å². The zero-order chi connectivity index (χ0) is 13.3. The van der Waals surface area contributed by atoms with Crippen LogP contribution in [0.2, 0.25) is 0 Å². The molecule has 3 nitrogen and oxygen atoms in total. The molecule has 18 heavy (non-hydrogen) atoms. The predicted molar refractivity (Wildman–Crippen MR) is 74.3 cm³/mol. The number of hydrogen-bond donors (Lipinski definition) is 1. The van der Waals surface area contributed by atoms with E-state index < -0.39 is 0 Å². The molecular weight excluding hydrogens is 224 g/mol. The first kappa shape index (κ1) is 13.9. The largest absolute Gasteiger partial charge is 0.342 e. The van der Waals surface area contributed by atoms with E-state index in [1.54, 1.807) is 0 Å². The van der Waals surface area contributed by atoms with Crippen LogP contribution < -0.4 is 5.32 Å². The van der Waals surface area contributed by atoms with Crippen molar-refractivity contribution < 1.29 is 4.79 Å². The fourth-order valence-corrected chi connectivity index (χ4v) is 3.14. The maximum Gasteiger partial charge on any atom is 0.226 e. The summed E-state index contributed by atoms with van der Waals surface area (Å²) in [6, 6.07) is 0.579. The van der Waals surface area contributed by atoms with Gasteiger partial charge in [0.2, 0.25) is 5.91 Å². The molecule has 2 heterocycles. The fourth-order valence-electron chi connectivity index (χ4n) is 3.14. The van der Waals surface area contributed by atoms with Crippen LogP contribution in [-0.4, -0.2) is 36.5 Å². The van der Waals surface area contributed by atoms with E-state index in [4.69, 9.17) is 0 Å². The number of hydrogen-bond acceptors (Lipinski definition) is 2. The molecule has 0 aliphatic carbocycles. The third-order valence-corrected chi connectivity index (χ3v) is 4.73. The smallest absolute Gasteiger partial charge is 0.226 e. The van der Waals surface area contributed by atoms with Crippen LogP contribution in [0.1, 0.15) is 47.0 Å². The Kier molecular flexibility index (Phi) is 4.00. The Morgan fingerprint density at radius 2 is 1.94 bits per heavy atom. The highest BCUT2D eigenvalue weighted by Gasteiger charge is 2.36. The van der Waals surface area contributed by atoms with Gasteiger partial charge in [0.15, 0.2) is 0 Å². The van der Waals surface area contributed by atoms with Gasteiger partial charge < -0.3 is 10.2 Å². The highest BCUT2D eigenvalue weighted by molar-refractivity contribution is 5.79. The Morgan fingerprint density at radius 3 is 2.44 bits per heavy atom. The summed E-state index contributed by atoms with van der Waals surface area (Å²) in [5.41, 5.74) is 0.328. The van der Waals surface area contributed by atoms with E-state index in [1.807, 2.05) is 0 Å². The van der Waals surface area contributed by atoms with Crippen molar-refractivity contribution in [1.82, 2.24) is 10.2 Å². The lowest BCUT2D eigenvalue weighted by atomic mass is 9.80. The molecule has 0 aromatic heterocycles. The van der Waals surface area contributed by atoms with Crippen LogP contribution >= 0.6 is 0 Å². The first-order valence-electron chi connectivity index (χ1n) is 7.40. The second kappa shape index (κ2) is 5.20. The van der Waals surface area contributed by atoms with Gasteiger partial charge >= 0.3 is 0 Å². The van der Waals surface area contributed by atoms with Gasteiger partial charge in [-0.05, 0) is 37.5 Å². The minimum absolute atomic E-state index is 0.222. The van der Waals surface area contributed by atoms with E-state index in [1.165, 1.54) is 6.42 Å². The number of carbonyl (C=O) groups is 1. The first-order chi connectivity index (χ1) is 8.38. The standard InChI is InChI=1S/C15H28N2O/c1-11-5-6-12(9-16-11)14(18)17-8-7-13(10-17)15(2,3)4/h11-13,16H,5-10H2,1-4H3. The maximum absolute atomic E-state index is 12.5. The van der Waals surface area contributed by atoms with E-state index in [0.717, 1.165) is 32.5 Å². The highest BCUT2D eigenvalue weighted by Crippen LogP contribution is 2.34. The number of nitrogens with one attached hydrogen (secondary N) is 1. The summed E-state index contributed by atoms with van der Waals surface area (Å²) >= 11 is 0. The molecule has 2 aliphatic heterocycles. The molecule has 0 aromatic carbocycles. The lowest BCUT2D eigenvalue weighted by Gasteiger charge is -2.31. The number of nitrogens with zero attached hydrogens (tertiary/aromatic N) is 1. The Morgan fingerprint density at radius 1 is 1.22 bits per heavy atom. The van der Waals surface area contributed by atoms with E-state index >= 15 is 0 Å². The molecule has 2 saturated heterocycles. The molecule has 1 amide bonds. The summed E-state index contributed by atoms with van der Waals surface area (Å²) in [6.45, 7) is 11.9. The summed E-state index contributed by atoms with van der Waals surface area (Å²) in [6.07, 6.45) is 3.36. The molecule has 2 aliphatic rings. The molecule has 0 spiro atoms.